The second-order valence-electron chi connectivity index (χ2n) is 4.66. The number of nitrogens with one attached hydrogen (secondary N) is 1. The fourth-order valence-corrected chi connectivity index (χ4v) is 2.20. The molecule has 2 heterocycles. The Morgan fingerprint density at radius 1 is 1.05 bits per heavy atom. The highest BCUT2D eigenvalue weighted by Gasteiger charge is 2.33. The number of pyridine rings is 1. The Morgan fingerprint density at radius 2 is 1.85 bits per heavy atom. The van der Waals surface area contributed by atoms with Gasteiger partial charge in [0, 0.05) is 17.1 Å². The largest absolute Gasteiger partial charge is 0.417 e. The van der Waals surface area contributed by atoms with Crippen LogP contribution in [0, 0.1) is 6.92 Å². The van der Waals surface area contributed by atoms with Crippen molar-refractivity contribution in [1.82, 2.24) is 9.97 Å². The number of aryl methyl sites for hydroxylation is 1. The summed E-state index contributed by atoms with van der Waals surface area (Å²) in [5.41, 5.74) is 1.10. The van der Waals surface area contributed by atoms with Gasteiger partial charge in [-0.05, 0) is 37.3 Å². The Labute approximate surface area is 113 Å². The van der Waals surface area contributed by atoms with E-state index < -0.39 is 11.7 Å². The molecule has 0 radical (unpaired) electrons. The lowest BCUT2D eigenvalue weighted by Gasteiger charge is -2.13. The summed E-state index contributed by atoms with van der Waals surface area (Å²) in [7, 11) is 0. The van der Waals surface area contributed by atoms with E-state index in [1.165, 1.54) is 12.1 Å². The highest BCUT2D eigenvalue weighted by molar-refractivity contribution is 5.79. The summed E-state index contributed by atoms with van der Waals surface area (Å²) in [6, 6.07) is 9.27. The van der Waals surface area contributed by atoms with Gasteiger partial charge in [0.25, 0.3) is 0 Å². The molecule has 5 heteroatoms. The lowest BCUT2D eigenvalue weighted by atomic mass is 10.0. The van der Waals surface area contributed by atoms with Gasteiger partial charge in [0.05, 0.1) is 11.3 Å². The smallest absolute Gasteiger partial charge is 0.346 e. The van der Waals surface area contributed by atoms with Crippen LogP contribution < -0.4 is 0 Å². The van der Waals surface area contributed by atoms with Gasteiger partial charge in [0.2, 0.25) is 0 Å². The van der Waals surface area contributed by atoms with Crippen LogP contribution in [-0.4, -0.2) is 9.97 Å². The van der Waals surface area contributed by atoms with E-state index in [1.54, 1.807) is 25.3 Å². The van der Waals surface area contributed by atoms with Crippen molar-refractivity contribution in [2.75, 3.05) is 0 Å². The molecular weight excluding hydrogens is 265 g/mol. The van der Waals surface area contributed by atoms with E-state index in [0.717, 1.165) is 17.0 Å². The minimum atomic E-state index is -4.39. The van der Waals surface area contributed by atoms with Crippen molar-refractivity contribution in [3.63, 3.8) is 0 Å². The van der Waals surface area contributed by atoms with Gasteiger partial charge in [-0.1, -0.05) is 11.6 Å². The van der Waals surface area contributed by atoms with Crippen LogP contribution >= 0.6 is 0 Å². The van der Waals surface area contributed by atoms with Gasteiger partial charge in [-0.15, -0.1) is 0 Å². The third kappa shape index (κ3) is 2.15. The van der Waals surface area contributed by atoms with Crippen molar-refractivity contribution in [1.29, 1.82) is 0 Å². The molecule has 0 aliphatic rings. The first-order valence-corrected chi connectivity index (χ1v) is 6.07. The number of halogens is 3. The van der Waals surface area contributed by atoms with Crippen molar-refractivity contribution in [2.24, 2.45) is 0 Å². The second kappa shape index (κ2) is 4.37. The lowest BCUT2D eigenvalue weighted by molar-refractivity contribution is -0.137. The van der Waals surface area contributed by atoms with Crippen LogP contribution in [0.15, 0.2) is 42.6 Å². The summed E-state index contributed by atoms with van der Waals surface area (Å²) in [4.78, 5) is 7.18. The van der Waals surface area contributed by atoms with E-state index in [0.29, 0.717) is 11.3 Å². The number of aromatic amines is 1. The average Bonchev–Trinajstić information content (AvgIpc) is 2.84. The van der Waals surface area contributed by atoms with Crippen molar-refractivity contribution >= 4 is 11.0 Å². The molecule has 0 bridgehead atoms. The maximum Gasteiger partial charge on any atom is 0.417 e. The van der Waals surface area contributed by atoms with Crippen LogP contribution in [0.4, 0.5) is 13.2 Å². The lowest BCUT2D eigenvalue weighted by Crippen LogP contribution is -2.07. The second-order valence-corrected chi connectivity index (χ2v) is 4.66. The quantitative estimate of drug-likeness (QED) is 0.693. The number of fused-ring (bicyclic) bond motifs is 1. The zero-order valence-electron chi connectivity index (χ0n) is 10.6. The van der Waals surface area contributed by atoms with Crippen molar-refractivity contribution in [2.45, 2.75) is 13.1 Å². The third-order valence-electron chi connectivity index (χ3n) is 3.17. The number of hydrogen-bond donors (Lipinski definition) is 1. The molecule has 20 heavy (non-hydrogen) atoms. The van der Waals surface area contributed by atoms with E-state index in [-0.39, 0.29) is 5.56 Å². The molecule has 0 saturated carbocycles. The molecule has 0 atom stereocenters. The highest BCUT2D eigenvalue weighted by atomic mass is 19.4. The number of nitrogens with zero attached hydrogens (tertiary/aromatic N) is 1. The number of alkyl halides is 3. The topological polar surface area (TPSA) is 28.7 Å². The van der Waals surface area contributed by atoms with Crippen LogP contribution in [0.3, 0.4) is 0 Å². The van der Waals surface area contributed by atoms with Crippen molar-refractivity contribution < 1.29 is 13.2 Å². The third-order valence-corrected chi connectivity index (χ3v) is 3.17. The summed E-state index contributed by atoms with van der Waals surface area (Å²) < 4.78 is 39.3. The molecule has 2 nitrogen and oxygen atoms in total. The molecule has 0 fully saturated rings. The van der Waals surface area contributed by atoms with Gasteiger partial charge < -0.3 is 4.98 Å². The van der Waals surface area contributed by atoms with Gasteiger partial charge in [-0.2, -0.15) is 13.2 Å². The predicted molar refractivity (Wildman–Crippen MR) is 71.3 cm³/mol. The Kier molecular flexibility index (Phi) is 2.78. The minimum Gasteiger partial charge on any atom is -0.346 e. The molecule has 1 N–H and O–H groups in total. The highest BCUT2D eigenvalue weighted by Crippen LogP contribution is 2.37. The van der Waals surface area contributed by atoms with Crippen LogP contribution in [0.5, 0.6) is 0 Å². The number of hydrogen-bond acceptors (Lipinski definition) is 1. The Bertz CT molecular complexity index is 772. The molecule has 0 aliphatic heterocycles. The zero-order chi connectivity index (χ0) is 14.3. The Balaban J connectivity index is 2.24. The molecule has 0 amide bonds. The first-order chi connectivity index (χ1) is 9.45. The number of H-pyrrole nitrogens is 1. The van der Waals surface area contributed by atoms with Gasteiger partial charge in [0.1, 0.15) is 5.65 Å². The maximum atomic E-state index is 13.1. The standard InChI is InChI=1S/C15H11F3N2/c1-9-2-4-12(15(16,17)18)11(8-9)13-5-3-10-6-7-19-14(10)20-13/h2-8H,1H3,(H,19,20). The van der Waals surface area contributed by atoms with Crippen molar-refractivity contribution in [3.05, 3.63) is 53.7 Å². The summed E-state index contributed by atoms with van der Waals surface area (Å²) in [5.74, 6) is 0. The molecule has 0 spiro atoms. The first-order valence-electron chi connectivity index (χ1n) is 6.07. The number of rotatable bonds is 1. The molecular formula is C15H11F3N2. The number of aromatic nitrogens is 2. The van der Waals surface area contributed by atoms with Gasteiger partial charge in [-0.25, -0.2) is 4.98 Å². The van der Waals surface area contributed by atoms with E-state index in [9.17, 15) is 13.2 Å². The zero-order valence-corrected chi connectivity index (χ0v) is 10.6. The summed E-state index contributed by atoms with van der Waals surface area (Å²) in [6.07, 6.45) is -2.68. The van der Waals surface area contributed by atoms with Gasteiger partial charge in [0.15, 0.2) is 0 Å². The predicted octanol–water partition coefficient (Wildman–Crippen LogP) is 4.56. The van der Waals surface area contributed by atoms with E-state index in [2.05, 4.69) is 9.97 Å². The molecule has 2 aromatic heterocycles. The Hall–Kier alpha value is -2.30. The van der Waals surface area contributed by atoms with Gasteiger partial charge >= 0.3 is 6.18 Å². The average molecular weight is 276 g/mol. The summed E-state index contributed by atoms with van der Waals surface area (Å²) in [5, 5.41) is 0.870. The van der Waals surface area contributed by atoms with E-state index >= 15 is 0 Å². The minimum absolute atomic E-state index is 0.106. The summed E-state index contributed by atoms with van der Waals surface area (Å²) in [6.45, 7) is 1.76. The van der Waals surface area contributed by atoms with Crippen LogP contribution in [0.1, 0.15) is 11.1 Å². The summed E-state index contributed by atoms with van der Waals surface area (Å²) >= 11 is 0. The van der Waals surface area contributed by atoms with E-state index in [4.69, 9.17) is 0 Å². The van der Waals surface area contributed by atoms with Crippen LogP contribution in [0.2, 0.25) is 0 Å². The molecule has 3 aromatic rings. The number of benzene rings is 1. The van der Waals surface area contributed by atoms with Crippen LogP contribution in [0.25, 0.3) is 22.3 Å². The molecule has 0 aliphatic carbocycles. The first kappa shape index (κ1) is 12.7. The van der Waals surface area contributed by atoms with Crippen molar-refractivity contribution in [3.8, 4) is 11.3 Å². The molecule has 0 saturated heterocycles. The maximum absolute atomic E-state index is 13.1. The van der Waals surface area contributed by atoms with E-state index in [1.807, 2.05) is 6.07 Å². The SMILES string of the molecule is Cc1ccc(C(F)(F)F)c(-c2ccc3cc[nH]c3n2)c1. The molecule has 0 unspecified atom stereocenters. The molecule has 1 aromatic carbocycles. The fourth-order valence-electron chi connectivity index (χ4n) is 2.20. The molecule has 102 valence electrons. The van der Waals surface area contributed by atoms with Crippen LogP contribution in [-0.2, 0) is 6.18 Å². The molecule has 3 rings (SSSR count). The van der Waals surface area contributed by atoms with Gasteiger partial charge in [-0.3, -0.25) is 0 Å². The Morgan fingerprint density at radius 3 is 2.60 bits per heavy atom. The fraction of sp³-hybridized carbons (Fsp3) is 0.133. The monoisotopic (exact) mass is 276 g/mol. The normalized spacial score (nSPS) is 12.0.